The van der Waals surface area contributed by atoms with Gasteiger partial charge in [-0.1, -0.05) is 0 Å². The van der Waals surface area contributed by atoms with Gasteiger partial charge in [-0.05, 0) is 6.92 Å². The van der Waals surface area contributed by atoms with E-state index in [9.17, 15) is 4.79 Å². The van der Waals surface area contributed by atoms with E-state index < -0.39 is 0 Å². The summed E-state index contributed by atoms with van der Waals surface area (Å²) in [6.07, 6.45) is 0. The third-order valence-corrected chi connectivity index (χ3v) is 1.43. The van der Waals surface area contributed by atoms with Crippen molar-refractivity contribution in [3.05, 3.63) is 0 Å². The van der Waals surface area contributed by atoms with Gasteiger partial charge in [-0.15, -0.1) is 0 Å². The van der Waals surface area contributed by atoms with Crippen molar-refractivity contribution in [1.29, 1.82) is 0 Å². The van der Waals surface area contributed by atoms with Crippen LogP contribution in [0.4, 0.5) is 4.79 Å². The number of amides is 2. The largest absolute Gasteiger partial charge is 0.341 e. The minimum absolute atomic E-state index is 0.133. The summed E-state index contributed by atoms with van der Waals surface area (Å²) >= 11 is 3.99. The maximum absolute atomic E-state index is 10.5. The van der Waals surface area contributed by atoms with E-state index in [0.717, 1.165) is 0 Å². The van der Waals surface area contributed by atoms with Crippen LogP contribution < -0.4 is 10.6 Å². The third kappa shape index (κ3) is 4.14. The number of urea groups is 1. The molecule has 1 unspecified atom stereocenters. The molecule has 0 aliphatic rings. The first-order valence-corrected chi connectivity index (χ1v) is 3.43. The van der Waals surface area contributed by atoms with Gasteiger partial charge in [-0.25, -0.2) is 4.79 Å². The van der Waals surface area contributed by atoms with Crippen molar-refractivity contribution in [3.63, 3.8) is 0 Å². The van der Waals surface area contributed by atoms with Crippen molar-refractivity contribution >= 4 is 18.7 Å². The molecule has 0 spiro atoms. The Labute approximate surface area is 60.6 Å². The molecular weight excluding hydrogens is 136 g/mol. The van der Waals surface area contributed by atoms with E-state index in [-0.39, 0.29) is 12.1 Å². The summed E-state index contributed by atoms with van der Waals surface area (Å²) in [7, 11) is 1.58. The summed E-state index contributed by atoms with van der Waals surface area (Å²) in [5.41, 5.74) is 0. The zero-order valence-electron chi connectivity index (χ0n) is 5.64. The molecule has 0 saturated carbocycles. The number of rotatable bonds is 2. The van der Waals surface area contributed by atoms with E-state index in [1.807, 2.05) is 6.92 Å². The van der Waals surface area contributed by atoms with Crippen molar-refractivity contribution in [2.45, 2.75) is 13.0 Å². The minimum Gasteiger partial charge on any atom is -0.341 e. The molecule has 0 aromatic carbocycles. The highest BCUT2D eigenvalue weighted by Crippen LogP contribution is 1.83. The van der Waals surface area contributed by atoms with E-state index in [1.165, 1.54) is 0 Å². The molecule has 0 saturated heterocycles. The van der Waals surface area contributed by atoms with Gasteiger partial charge in [0.15, 0.2) is 0 Å². The van der Waals surface area contributed by atoms with Crippen LogP contribution in [-0.2, 0) is 0 Å². The molecule has 0 radical (unpaired) electrons. The molecule has 0 aliphatic heterocycles. The maximum atomic E-state index is 10.5. The van der Waals surface area contributed by atoms with Crippen molar-refractivity contribution in [3.8, 4) is 0 Å². The van der Waals surface area contributed by atoms with Crippen LogP contribution in [0.15, 0.2) is 0 Å². The number of hydrogen-bond donors (Lipinski definition) is 3. The van der Waals surface area contributed by atoms with Crippen molar-refractivity contribution < 1.29 is 4.79 Å². The molecule has 0 bridgehead atoms. The Kier molecular flexibility index (Phi) is 4.30. The number of carbonyl (C=O) groups is 1. The van der Waals surface area contributed by atoms with Crippen LogP contribution in [0.2, 0.25) is 0 Å². The molecule has 2 N–H and O–H groups in total. The number of thiol groups is 1. The first kappa shape index (κ1) is 8.62. The lowest BCUT2D eigenvalue weighted by atomic mass is 10.4. The fourth-order valence-electron chi connectivity index (χ4n) is 0.342. The van der Waals surface area contributed by atoms with Gasteiger partial charge in [0.2, 0.25) is 0 Å². The SMILES string of the molecule is CNC(=O)NC(C)CS. The summed E-state index contributed by atoms with van der Waals surface area (Å²) < 4.78 is 0. The van der Waals surface area contributed by atoms with Crippen LogP contribution in [0.25, 0.3) is 0 Å². The van der Waals surface area contributed by atoms with Crippen molar-refractivity contribution in [2.75, 3.05) is 12.8 Å². The van der Waals surface area contributed by atoms with E-state index >= 15 is 0 Å². The van der Waals surface area contributed by atoms with E-state index in [1.54, 1.807) is 7.05 Å². The van der Waals surface area contributed by atoms with Gasteiger partial charge in [-0.3, -0.25) is 0 Å². The summed E-state index contributed by atoms with van der Waals surface area (Å²) in [6, 6.07) is -0.0233. The predicted molar refractivity (Wildman–Crippen MR) is 40.9 cm³/mol. The summed E-state index contributed by atoms with van der Waals surface area (Å²) in [5.74, 6) is 0.660. The fourth-order valence-corrected chi connectivity index (χ4v) is 0.433. The first-order valence-electron chi connectivity index (χ1n) is 2.79. The highest BCUT2D eigenvalue weighted by atomic mass is 32.1. The summed E-state index contributed by atoms with van der Waals surface area (Å²) in [6.45, 7) is 1.89. The molecule has 9 heavy (non-hydrogen) atoms. The van der Waals surface area contributed by atoms with Crippen LogP contribution >= 0.6 is 12.6 Å². The quantitative estimate of drug-likeness (QED) is 0.482. The molecule has 0 aromatic heterocycles. The highest BCUT2D eigenvalue weighted by Gasteiger charge is 2.00. The van der Waals surface area contributed by atoms with E-state index in [4.69, 9.17) is 0 Å². The molecule has 54 valence electrons. The number of nitrogens with one attached hydrogen (secondary N) is 2. The van der Waals surface area contributed by atoms with Gasteiger partial charge in [0.05, 0.1) is 0 Å². The van der Waals surface area contributed by atoms with Crippen LogP contribution in [0, 0.1) is 0 Å². The second-order valence-electron chi connectivity index (χ2n) is 1.81. The van der Waals surface area contributed by atoms with Gasteiger partial charge in [0.1, 0.15) is 0 Å². The molecule has 0 rings (SSSR count). The van der Waals surface area contributed by atoms with Crippen molar-refractivity contribution in [2.24, 2.45) is 0 Å². The zero-order valence-corrected chi connectivity index (χ0v) is 6.53. The standard InChI is InChI=1S/C5H12N2OS/c1-4(3-9)7-5(8)6-2/h4,9H,3H2,1-2H3,(H2,6,7,8). The molecule has 1 atom stereocenters. The molecule has 0 aromatic rings. The molecule has 2 amide bonds. The lowest BCUT2D eigenvalue weighted by Gasteiger charge is -2.08. The van der Waals surface area contributed by atoms with Gasteiger partial charge in [0.25, 0.3) is 0 Å². The molecular formula is C5H12N2OS. The lowest BCUT2D eigenvalue weighted by Crippen LogP contribution is -2.39. The summed E-state index contributed by atoms with van der Waals surface area (Å²) in [5, 5.41) is 5.10. The Morgan fingerprint density at radius 2 is 2.33 bits per heavy atom. The predicted octanol–water partition coefficient (Wildman–Crippen LogP) is 0.234. The van der Waals surface area contributed by atoms with Crippen molar-refractivity contribution in [1.82, 2.24) is 10.6 Å². The smallest absolute Gasteiger partial charge is 0.314 e. The molecule has 3 nitrogen and oxygen atoms in total. The topological polar surface area (TPSA) is 41.1 Å². The Bertz CT molecular complexity index is 97.0. The second kappa shape index (κ2) is 4.49. The molecule has 0 fully saturated rings. The fraction of sp³-hybridized carbons (Fsp3) is 0.800. The van der Waals surface area contributed by atoms with Crippen LogP contribution in [0.3, 0.4) is 0 Å². The molecule has 0 heterocycles. The van der Waals surface area contributed by atoms with Gasteiger partial charge in [-0.2, -0.15) is 12.6 Å². The van der Waals surface area contributed by atoms with Crippen LogP contribution in [-0.4, -0.2) is 24.9 Å². The third-order valence-electron chi connectivity index (χ3n) is 0.878. The Hall–Kier alpha value is -0.380. The normalized spacial score (nSPS) is 12.3. The number of carbonyl (C=O) groups excluding carboxylic acids is 1. The highest BCUT2D eigenvalue weighted by molar-refractivity contribution is 7.80. The van der Waals surface area contributed by atoms with Crippen LogP contribution in [0.5, 0.6) is 0 Å². The molecule has 4 heteroatoms. The van der Waals surface area contributed by atoms with Gasteiger partial charge in [0, 0.05) is 18.8 Å². The number of hydrogen-bond acceptors (Lipinski definition) is 2. The minimum atomic E-state index is -0.156. The average molecular weight is 148 g/mol. The van der Waals surface area contributed by atoms with E-state index in [0.29, 0.717) is 5.75 Å². The van der Waals surface area contributed by atoms with Gasteiger partial charge >= 0.3 is 6.03 Å². The Morgan fingerprint density at radius 1 is 1.78 bits per heavy atom. The monoisotopic (exact) mass is 148 g/mol. The summed E-state index contributed by atoms with van der Waals surface area (Å²) in [4.78, 5) is 10.5. The Balaban J connectivity index is 3.34. The van der Waals surface area contributed by atoms with Crippen LogP contribution in [0.1, 0.15) is 6.92 Å². The van der Waals surface area contributed by atoms with E-state index in [2.05, 4.69) is 23.3 Å². The maximum Gasteiger partial charge on any atom is 0.314 e. The lowest BCUT2D eigenvalue weighted by molar-refractivity contribution is 0.241. The van der Waals surface area contributed by atoms with Gasteiger partial charge < -0.3 is 10.6 Å². The Morgan fingerprint density at radius 3 is 2.67 bits per heavy atom. The second-order valence-corrected chi connectivity index (χ2v) is 2.17. The first-order chi connectivity index (χ1) is 4.20. The zero-order chi connectivity index (χ0) is 7.28. The average Bonchev–Trinajstić information content (AvgIpc) is 1.87. The molecule has 0 aliphatic carbocycles.